The van der Waals surface area contributed by atoms with Crippen molar-refractivity contribution in [3.05, 3.63) is 59.2 Å². The minimum atomic E-state index is -3.76. The number of aryl methyl sites for hydroxylation is 2. The van der Waals surface area contributed by atoms with Crippen molar-refractivity contribution in [1.82, 2.24) is 4.72 Å². The zero-order valence-corrected chi connectivity index (χ0v) is 16.6. The standard InChI is InChI=1S/C20H26N2O3S/c1-13(2)18-8-6-7-15(4)19(18)21-20(23)16(5)22-26(24,25)17-11-9-14(3)10-12-17/h6-13,16,22H,1-5H3,(H,21,23)/t16-/m0/s1. The molecule has 26 heavy (non-hydrogen) atoms. The highest BCUT2D eigenvalue weighted by atomic mass is 32.2. The van der Waals surface area contributed by atoms with Crippen LogP contribution in [0.5, 0.6) is 0 Å². The quantitative estimate of drug-likeness (QED) is 0.809. The van der Waals surface area contributed by atoms with E-state index in [0.717, 1.165) is 22.4 Å². The maximum absolute atomic E-state index is 12.6. The monoisotopic (exact) mass is 374 g/mol. The Labute approximate surface area is 155 Å². The second kappa shape index (κ2) is 8.01. The number of rotatable bonds is 6. The molecule has 0 saturated heterocycles. The lowest BCUT2D eigenvalue weighted by molar-refractivity contribution is -0.117. The molecule has 2 aromatic rings. The molecule has 2 rings (SSSR count). The molecular weight excluding hydrogens is 348 g/mol. The Bertz CT molecular complexity index is 888. The lowest BCUT2D eigenvalue weighted by Crippen LogP contribution is -2.41. The summed E-state index contributed by atoms with van der Waals surface area (Å²) in [5, 5.41) is 2.88. The van der Waals surface area contributed by atoms with Gasteiger partial charge in [-0.2, -0.15) is 4.72 Å². The van der Waals surface area contributed by atoms with Crippen LogP contribution in [0.2, 0.25) is 0 Å². The molecule has 0 saturated carbocycles. The molecular formula is C20H26N2O3S. The van der Waals surface area contributed by atoms with Gasteiger partial charge in [0.2, 0.25) is 15.9 Å². The van der Waals surface area contributed by atoms with Gasteiger partial charge in [0.05, 0.1) is 10.9 Å². The van der Waals surface area contributed by atoms with Gasteiger partial charge in [-0.05, 0) is 49.9 Å². The maximum atomic E-state index is 12.6. The van der Waals surface area contributed by atoms with E-state index >= 15 is 0 Å². The molecule has 6 heteroatoms. The molecule has 0 unspecified atom stereocenters. The van der Waals surface area contributed by atoms with E-state index in [2.05, 4.69) is 10.0 Å². The van der Waals surface area contributed by atoms with E-state index < -0.39 is 22.0 Å². The first kappa shape index (κ1) is 20.1. The number of carbonyl (C=O) groups is 1. The smallest absolute Gasteiger partial charge is 0.242 e. The van der Waals surface area contributed by atoms with Gasteiger partial charge < -0.3 is 5.32 Å². The predicted molar refractivity (Wildman–Crippen MR) is 105 cm³/mol. The van der Waals surface area contributed by atoms with Crippen molar-refractivity contribution >= 4 is 21.6 Å². The van der Waals surface area contributed by atoms with E-state index in [0.29, 0.717) is 0 Å². The highest BCUT2D eigenvalue weighted by Gasteiger charge is 2.23. The van der Waals surface area contributed by atoms with Crippen molar-refractivity contribution in [2.75, 3.05) is 5.32 Å². The number of sulfonamides is 1. The van der Waals surface area contributed by atoms with Crippen LogP contribution >= 0.6 is 0 Å². The van der Waals surface area contributed by atoms with Gasteiger partial charge in [-0.15, -0.1) is 0 Å². The van der Waals surface area contributed by atoms with Gasteiger partial charge in [0.25, 0.3) is 0 Å². The highest BCUT2D eigenvalue weighted by molar-refractivity contribution is 7.89. The summed E-state index contributed by atoms with van der Waals surface area (Å²) in [7, 11) is -3.76. The van der Waals surface area contributed by atoms with Crippen LogP contribution in [0, 0.1) is 13.8 Å². The van der Waals surface area contributed by atoms with Crippen molar-refractivity contribution in [3.8, 4) is 0 Å². The van der Waals surface area contributed by atoms with Gasteiger partial charge in [-0.1, -0.05) is 49.7 Å². The van der Waals surface area contributed by atoms with Gasteiger partial charge in [0.15, 0.2) is 0 Å². The van der Waals surface area contributed by atoms with Crippen LogP contribution < -0.4 is 10.0 Å². The second-order valence-corrected chi connectivity index (χ2v) is 8.55. The molecule has 2 N–H and O–H groups in total. The van der Waals surface area contributed by atoms with E-state index in [4.69, 9.17) is 0 Å². The fraction of sp³-hybridized carbons (Fsp3) is 0.350. The summed E-state index contributed by atoms with van der Waals surface area (Å²) >= 11 is 0. The zero-order valence-electron chi connectivity index (χ0n) is 15.8. The summed E-state index contributed by atoms with van der Waals surface area (Å²) in [6.45, 7) is 9.44. The van der Waals surface area contributed by atoms with Gasteiger partial charge in [0, 0.05) is 5.69 Å². The third kappa shape index (κ3) is 4.71. The second-order valence-electron chi connectivity index (χ2n) is 6.84. The largest absolute Gasteiger partial charge is 0.324 e. The maximum Gasteiger partial charge on any atom is 0.242 e. The molecule has 0 aromatic heterocycles. The molecule has 0 spiro atoms. The summed E-state index contributed by atoms with van der Waals surface area (Å²) in [5.41, 5.74) is 3.68. The molecule has 2 aromatic carbocycles. The molecule has 0 radical (unpaired) electrons. The van der Waals surface area contributed by atoms with E-state index in [-0.39, 0.29) is 10.8 Å². The van der Waals surface area contributed by atoms with Gasteiger partial charge in [-0.25, -0.2) is 8.42 Å². The van der Waals surface area contributed by atoms with Crippen molar-refractivity contribution in [1.29, 1.82) is 0 Å². The Kier molecular flexibility index (Phi) is 6.21. The number of para-hydroxylation sites is 1. The topological polar surface area (TPSA) is 75.3 Å². The molecule has 0 aliphatic rings. The van der Waals surface area contributed by atoms with Crippen LogP contribution in [0.25, 0.3) is 0 Å². The summed E-state index contributed by atoms with van der Waals surface area (Å²) in [4.78, 5) is 12.7. The van der Waals surface area contributed by atoms with Crippen LogP contribution in [0.3, 0.4) is 0 Å². The summed E-state index contributed by atoms with van der Waals surface area (Å²) in [6, 6.07) is 11.4. The first-order chi connectivity index (χ1) is 12.1. The highest BCUT2D eigenvalue weighted by Crippen LogP contribution is 2.27. The molecule has 0 heterocycles. The van der Waals surface area contributed by atoms with Crippen LogP contribution in [0.1, 0.15) is 43.4 Å². The van der Waals surface area contributed by atoms with E-state index in [1.165, 1.54) is 19.1 Å². The predicted octanol–water partition coefficient (Wildman–Crippen LogP) is 3.73. The fourth-order valence-electron chi connectivity index (χ4n) is 2.65. The van der Waals surface area contributed by atoms with Gasteiger partial charge >= 0.3 is 0 Å². The van der Waals surface area contributed by atoms with E-state index in [1.54, 1.807) is 12.1 Å². The van der Waals surface area contributed by atoms with Crippen LogP contribution in [0.15, 0.2) is 47.4 Å². The number of hydrogen-bond acceptors (Lipinski definition) is 3. The Morgan fingerprint density at radius 3 is 2.15 bits per heavy atom. The molecule has 0 aliphatic heterocycles. The normalized spacial score (nSPS) is 12.8. The summed E-state index contributed by atoms with van der Waals surface area (Å²) < 4.78 is 27.4. The lowest BCUT2D eigenvalue weighted by Gasteiger charge is -2.19. The van der Waals surface area contributed by atoms with Gasteiger partial charge in [0.1, 0.15) is 0 Å². The van der Waals surface area contributed by atoms with Crippen LogP contribution in [-0.2, 0) is 14.8 Å². The molecule has 1 amide bonds. The van der Waals surface area contributed by atoms with Gasteiger partial charge in [-0.3, -0.25) is 4.79 Å². The Balaban J connectivity index is 2.17. The number of anilines is 1. The number of amides is 1. The minimum absolute atomic E-state index is 0.140. The zero-order chi connectivity index (χ0) is 19.5. The Hall–Kier alpha value is -2.18. The Morgan fingerprint density at radius 2 is 1.58 bits per heavy atom. The third-order valence-electron chi connectivity index (χ3n) is 4.23. The average molecular weight is 375 g/mol. The van der Waals surface area contributed by atoms with Crippen LogP contribution in [0.4, 0.5) is 5.69 Å². The first-order valence-electron chi connectivity index (χ1n) is 8.61. The van der Waals surface area contributed by atoms with Crippen molar-refractivity contribution < 1.29 is 13.2 Å². The Morgan fingerprint density at radius 1 is 0.962 bits per heavy atom. The SMILES string of the molecule is Cc1ccc(S(=O)(=O)N[C@@H](C)C(=O)Nc2c(C)cccc2C(C)C)cc1. The molecule has 0 aliphatic carbocycles. The molecule has 5 nitrogen and oxygen atoms in total. The molecule has 1 atom stereocenters. The number of benzene rings is 2. The van der Waals surface area contributed by atoms with E-state index in [9.17, 15) is 13.2 Å². The fourth-order valence-corrected chi connectivity index (χ4v) is 3.85. The molecule has 0 bridgehead atoms. The first-order valence-corrected chi connectivity index (χ1v) is 10.1. The van der Waals surface area contributed by atoms with E-state index in [1.807, 2.05) is 45.9 Å². The summed E-state index contributed by atoms with van der Waals surface area (Å²) in [5.74, 6) is -0.151. The van der Waals surface area contributed by atoms with Crippen molar-refractivity contribution in [3.63, 3.8) is 0 Å². The molecule has 140 valence electrons. The number of carbonyl (C=O) groups excluding carboxylic acids is 1. The summed E-state index contributed by atoms with van der Waals surface area (Å²) in [6.07, 6.45) is 0. The van der Waals surface area contributed by atoms with Crippen molar-refractivity contribution in [2.45, 2.75) is 51.5 Å². The average Bonchev–Trinajstić information content (AvgIpc) is 2.56. The van der Waals surface area contributed by atoms with Crippen molar-refractivity contribution in [2.24, 2.45) is 0 Å². The molecule has 0 fully saturated rings. The lowest BCUT2D eigenvalue weighted by atomic mass is 9.98. The van der Waals surface area contributed by atoms with Crippen LogP contribution in [-0.4, -0.2) is 20.4 Å². The number of hydrogen-bond donors (Lipinski definition) is 2. The third-order valence-corrected chi connectivity index (χ3v) is 5.79. The number of nitrogens with one attached hydrogen (secondary N) is 2. The minimum Gasteiger partial charge on any atom is -0.324 e.